The molecule has 1 N–H and O–H groups in total. The van der Waals surface area contributed by atoms with Gasteiger partial charge in [-0.1, -0.05) is 30.3 Å². The summed E-state index contributed by atoms with van der Waals surface area (Å²) < 4.78 is 5.26. The molecule has 4 saturated carbocycles. The largest absolute Gasteiger partial charge is 0.465 e. The highest BCUT2D eigenvalue weighted by molar-refractivity contribution is 5.71. The van der Waals surface area contributed by atoms with E-state index in [1.54, 1.807) is 0 Å². The van der Waals surface area contributed by atoms with Gasteiger partial charge in [-0.3, -0.25) is 9.69 Å². The Hall–Kier alpha value is -1.39. The number of rotatable bonds is 6. The van der Waals surface area contributed by atoms with E-state index in [4.69, 9.17) is 4.74 Å². The smallest absolute Gasteiger partial charge is 0.320 e. The minimum Gasteiger partial charge on any atom is -0.465 e. The molecule has 4 fully saturated rings. The lowest BCUT2D eigenvalue weighted by Crippen LogP contribution is -2.65. The maximum Gasteiger partial charge on any atom is 0.320 e. The van der Waals surface area contributed by atoms with Crippen LogP contribution in [0, 0.1) is 11.8 Å². The number of carbonyl (C=O) groups is 1. The van der Waals surface area contributed by atoms with Gasteiger partial charge in [-0.05, 0) is 62.8 Å². The topological polar surface area (TPSA) is 49.8 Å². The van der Waals surface area contributed by atoms with Crippen LogP contribution in [0.1, 0.15) is 51.0 Å². The molecule has 0 spiro atoms. The van der Waals surface area contributed by atoms with E-state index in [-0.39, 0.29) is 11.5 Å². The Balaban J connectivity index is 1.61. The van der Waals surface area contributed by atoms with E-state index >= 15 is 0 Å². The number of carbonyl (C=O) groups excluding carboxylic acids is 1. The van der Waals surface area contributed by atoms with E-state index in [2.05, 4.69) is 17.0 Å². The first-order chi connectivity index (χ1) is 12.0. The fourth-order valence-corrected chi connectivity index (χ4v) is 6.09. The van der Waals surface area contributed by atoms with Gasteiger partial charge >= 0.3 is 5.97 Å². The summed E-state index contributed by atoms with van der Waals surface area (Å²) >= 11 is 0. The molecule has 136 valence electrons. The SMILES string of the molecule is CCOC(=O)CN(Cc1ccccc1)C12CC3CC(CC(O)(C3)C1)C2. The first-order valence-corrected chi connectivity index (χ1v) is 9.67. The molecule has 0 amide bonds. The molecule has 4 aliphatic carbocycles. The molecule has 0 radical (unpaired) electrons. The zero-order valence-electron chi connectivity index (χ0n) is 15.1. The Morgan fingerprint density at radius 1 is 1.20 bits per heavy atom. The van der Waals surface area contributed by atoms with Crippen LogP contribution in [0.4, 0.5) is 0 Å². The first kappa shape index (κ1) is 17.0. The number of aliphatic hydroxyl groups is 1. The Morgan fingerprint density at radius 2 is 1.88 bits per heavy atom. The van der Waals surface area contributed by atoms with Gasteiger partial charge < -0.3 is 9.84 Å². The van der Waals surface area contributed by atoms with Crippen LogP contribution in [-0.2, 0) is 16.1 Å². The summed E-state index contributed by atoms with van der Waals surface area (Å²) in [6.45, 7) is 3.33. The molecule has 0 saturated heterocycles. The van der Waals surface area contributed by atoms with Gasteiger partial charge in [0.15, 0.2) is 0 Å². The highest BCUT2D eigenvalue weighted by atomic mass is 16.5. The van der Waals surface area contributed by atoms with Crippen molar-refractivity contribution in [2.75, 3.05) is 13.2 Å². The molecule has 4 nitrogen and oxygen atoms in total. The molecule has 4 aliphatic rings. The second kappa shape index (κ2) is 6.40. The molecule has 0 heterocycles. The van der Waals surface area contributed by atoms with Crippen LogP contribution in [0.5, 0.6) is 0 Å². The average molecular weight is 343 g/mol. The second-order valence-electron chi connectivity index (χ2n) is 8.56. The van der Waals surface area contributed by atoms with Crippen LogP contribution in [-0.4, -0.2) is 40.3 Å². The minimum absolute atomic E-state index is 0.0541. The highest BCUT2D eigenvalue weighted by Crippen LogP contribution is 2.59. The molecule has 0 aromatic heterocycles. The van der Waals surface area contributed by atoms with Crippen molar-refractivity contribution < 1.29 is 14.6 Å². The van der Waals surface area contributed by atoms with Crippen LogP contribution in [0.3, 0.4) is 0 Å². The van der Waals surface area contributed by atoms with Crippen molar-refractivity contribution in [3.63, 3.8) is 0 Å². The second-order valence-corrected chi connectivity index (χ2v) is 8.56. The molecule has 1 aromatic rings. The molecule has 1 aromatic carbocycles. The number of benzene rings is 1. The summed E-state index contributed by atoms with van der Waals surface area (Å²) in [6.07, 6.45) is 6.17. The molecule has 5 rings (SSSR count). The number of hydrogen-bond acceptors (Lipinski definition) is 4. The van der Waals surface area contributed by atoms with E-state index in [0.717, 1.165) is 38.6 Å². The molecule has 2 unspecified atom stereocenters. The Labute approximate surface area is 150 Å². The Morgan fingerprint density at radius 3 is 2.48 bits per heavy atom. The summed E-state index contributed by atoms with van der Waals surface area (Å²) in [4.78, 5) is 14.6. The van der Waals surface area contributed by atoms with Gasteiger partial charge in [0.2, 0.25) is 0 Å². The fourth-order valence-electron chi connectivity index (χ4n) is 6.09. The third kappa shape index (κ3) is 3.34. The molecule has 0 aliphatic heterocycles. The van der Waals surface area contributed by atoms with Crippen LogP contribution >= 0.6 is 0 Å². The lowest BCUT2D eigenvalue weighted by molar-refractivity contribution is -0.183. The third-order valence-electron chi connectivity index (χ3n) is 6.51. The normalized spacial score (nSPS) is 36.0. The van der Waals surface area contributed by atoms with E-state index in [1.807, 2.05) is 25.1 Å². The van der Waals surface area contributed by atoms with Crippen LogP contribution in [0.2, 0.25) is 0 Å². The zero-order chi connectivity index (χ0) is 17.5. The fraction of sp³-hybridized carbons (Fsp3) is 0.667. The van der Waals surface area contributed by atoms with Crippen LogP contribution < -0.4 is 0 Å². The van der Waals surface area contributed by atoms with Crippen LogP contribution in [0.15, 0.2) is 30.3 Å². The van der Waals surface area contributed by atoms with E-state index in [0.29, 0.717) is 25.0 Å². The molecule has 4 heteroatoms. The van der Waals surface area contributed by atoms with Crippen molar-refractivity contribution in [3.8, 4) is 0 Å². The lowest BCUT2D eigenvalue weighted by Gasteiger charge is -2.63. The molecular weight excluding hydrogens is 314 g/mol. The maximum absolute atomic E-state index is 12.3. The average Bonchev–Trinajstić information content (AvgIpc) is 2.53. The molecular formula is C21H29NO3. The number of esters is 1. The van der Waals surface area contributed by atoms with Gasteiger partial charge in [-0.2, -0.15) is 0 Å². The summed E-state index contributed by atoms with van der Waals surface area (Å²) in [5.74, 6) is 1.06. The predicted molar refractivity (Wildman–Crippen MR) is 95.8 cm³/mol. The summed E-state index contributed by atoms with van der Waals surface area (Å²) in [5, 5.41) is 11.1. The summed E-state index contributed by atoms with van der Waals surface area (Å²) in [7, 11) is 0. The van der Waals surface area contributed by atoms with Gasteiger partial charge in [0.05, 0.1) is 18.8 Å². The van der Waals surface area contributed by atoms with E-state index in [1.165, 1.54) is 12.0 Å². The number of hydrogen-bond donors (Lipinski definition) is 1. The van der Waals surface area contributed by atoms with Crippen molar-refractivity contribution in [1.82, 2.24) is 4.90 Å². The standard InChI is InChI=1S/C21H29NO3/c1-2-25-19(23)14-22(13-16-6-4-3-5-7-16)20-9-17-8-18(10-20)12-21(24,11-17)15-20/h3-7,17-18,24H,2,8-15H2,1H3. The zero-order valence-corrected chi connectivity index (χ0v) is 15.1. The number of ether oxygens (including phenoxy) is 1. The molecule has 2 atom stereocenters. The van der Waals surface area contributed by atoms with Gasteiger partial charge in [-0.25, -0.2) is 0 Å². The first-order valence-electron chi connectivity index (χ1n) is 9.67. The van der Waals surface area contributed by atoms with E-state index < -0.39 is 5.60 Å². The monoisotopic (exact) mass is 343 g/mol. The third-order valence-corrected chi connectivity index (χ3v) is 6.51. The van der Waals surface area contributed by atoms with E-state index in [9.17, 15) is 9.90 Å². The summed E-state index contributed by atoms with van der Waals surface area (Å²) in [5.41, 5.74) is 0.643. The quantitative estimate of drug-likeness (QED) is 0.806. The van der Waals surface area contributed by atoms with Gasteiger partial charge in [0.25, 0.3) is 0 Å². The highest BCUT2D eigenvalue weighted by Gasteiger charge is 2.59. The molecule has 4 bridgehead atoms. The van der Waals surface area contributed by atoms with Crippen LogP contribution in [0.25, 0.3) is 0 Å². The Kier molecular flexibility index (Phi) is 4.37. The Bertz CT molecular complexity index is 615. The van der Waals surface area contributed by atoms with Crippen molar-refractivity contribution >= 4 is 5.97 Å². The lowest BCUT2D eigenvalue weighted by atomic mass is 9.50. The van der Waals surface area contributed by atoms with Gasteiger partial charge in [-0.15, -0.1) is 0 Å². The molecule has 25 heavy (non-hydrogen) atoms. The van der Waals surface area contributed by atoms with Gasteiger partial charge in [0.1, 0.15) is 0 Å². The summed E-state index contributed by atoms with van der Waals surface area (Å²) in [6, 6.07) is 10.4. The van der Waals surface area contributed by atoms with Crippen molar-refractivity contribution in [2.45, 2.75) is 63.1 Å². The minimum atomic E-state index is -0.520. The van der Waals surface area contributed by atoms with Crippen molar-refractivity contribution in [2.24, 2.45) is 11.8 Å². The van der Waals surface area contributed by atoms with Crippen molar-refractivity contribution in [3.05, 3.63) is 35.9 Å². The maximum atomic E-state index is 12.3. The van der Waals surface area contributed by atoms with Crippen molar-refractivity contribution in [1.29, 1.82) is 0 Å². The number of nitrogens with zero attached hydrogens (tertiary/aromatic N) is 1. The predicted octanol–water partition coefficient (Wildman–Crippen LogP) is 3.14. The van der Waals surface area contributed by atoms with Gasteiger partial charge in [0, 0.05) is 12.1 Å².